The van der Waals surface area contributed by atoms with Crippen LogP contribution in [0.15, 0.2) is 115 Å². The zero-order chi connectivity index (χ0) is 23.3. The fourth-order valence-corrected chi connectivity index (χ4v) is 3.72. The van der Waals surface area contributed by atoms with Gasteiger partial charge in [0.2, 0.25) is 0 Å². The van der Waals surface area contributed by atoms with Gasteiger partial charge in [-0.3, -0.25) is 9.36 Å². The number of para-hydroxylation sites is 3. The highest BCUT2D eigenvalue weighted by Gasteiger charge is 2.21. The normalized spacial score (nSPS) is 11.4. The number of hydrogen-bond donors (Lipinski definition) is 0. The van der Waals surface area contributed by atoms with E-state index in [0.29, 0.717) is 39.3 Å². The van der Waals surface area contributed by atoms with Crippen molar-refractivity contribution in [3.8, 4) is 5.75 Å². The Bertz CT molecular complexity index is 1490. The van der Waals surface area contributed by atoms with Crippen LogP contribution in [-0.4, -0.2) is 21.4 Å². The van der Waals surface area contributed by atoms with Gasteiger partial charge in [0.05, 0.1) is 16.6 Å². The van der Waals surface area contributed by atoms with Crippen LogP contribution in [-0.2, 0) is 4.79 Å². The molecule has 4 aromatic carbocycles. The van der Waals surface area contributed by atoms with E-state index >= 15 is 0 Å². The van der Waals surface area contributed by atoms with Gasteiger partial charge in [-0.1, -0.05) is 78.9 Å². The van der Waals surface area contributed by atoms with E-state index < -0.39 is 5.97 Å². The van der Waals surface area contributed by atoms with Gasteiger partial charge in [0.15, 0.2) is 0 Å². The molecule has 0 bridgehead atoms. The van der Waals surface area contributed by atoms with Gasteiger partial charge in [0.1, 0.15) is 11.6 Å². The summed E-state index contributed by atoms with van der Waals surface area (Å²) in [4.78, 5) is 31.4. The van der Waals surface area contributed by atoms with Crippen LogP contribution in [0.3, 0.4) is 0 Å². The van der Waals surface area contributed by atoms with Crippen molar-refractivity contribution < 1.29 is 14.3 Å². The highest BCUT2D eigenvalue weighted by Crippen LogP contribution is 2.25. The lowest BCUT2D eigenvalue weighted by Crippen LogP contribution is -2.15. The van der Waals surface area contributed by atoms with Crippen LogP contribution >= 0.6 is 0 Å². The Kier molecular flexibility index (Phi) is 5.82. The number of nitrogens with zero attached hydrogens (tertiary/aromatic N) is 2. The first-order chi connectivity index (χ1) is 16.7. The van der Waals surface area contributed by atoms with E-state index in [9.17, 15) is 9.59 Å². The number of ether oxygens (including phenoxy) is 1. The predicted octanol–water partition coefficient (Wildman–Crippen LogP) is 5.87. The number of carbonyl (C=O) groups excluding carboxylic acids is 2. The lowest BCUT2D eigenvalue weighted by molar-refractivity contribution is -0.127. The van der Waals surface area contributed by atoms with Crippen molar-refractivity contribution in [2.75, 3.05) is 0 Å². The second kappa shape index (κ2) is 9.38. The average Bonchev–Trinajstić information content (AvgIpc) is 3.26. The molecule has 5 aromatic rings. The number of benzene rings is 4. The molecule has 0 amide bonds. The zero-order valence-corrected chi connectivity index (χ0v) is 18.2. The van der Waals surface area contributed by atoms with E-state index in [0.717, 1.165) is 0 Å². The van der Waals surface area contributed by atoms with Crippen molar-refractivity contribution in [1.82, 2.24) is 9.55 Å². The maximum Gasteiger partial charge on any atom is 0.344 e. The minimum Gasteiger partial charge on any atom is -0.423 e. The Balaban J connectivity index is 1.67. The van der Waals surface area contributed by atoms with Crippen LogP contribution in [0.5, 0.6) is 5.75 Å². The molecule has 0 aliphatic carbocycles. The number of hydrogen-bond acceptors (Lipinski definition) is 4. The van der Waals surface area contributed by atoms with Gasteiger partial charge >= 0.3 is 5.97 Å². The minimum absolute atomic E-state index is 0.232. The molecule has 0 aliphatic rings. The molecule has 0 radical (unpaired) electrons. The molecule has 0 fully saturated rings. The molecule has 1 aromatic heterocycles. The first kappa shape index (κ1) is 21.1. The first-order valence-corrected chi connectivity index (χ1v) is 10.8. The van der Waals surface area contributed by atoms with Gasteiger partial charge in [0, 0.05) is 5.56 Å². The van der Waals surface area contributed by atoms with Gasteiger partial charge in [-0.25, -0.2) is 9.78 Å². The summed E-state index contributed by atoms with van der Waals surface area (Å²) in [6.45, 7) is 0. The van der Waals surface area contributed by atoms with Crippen molar-refractivity contribution in [3.63, 3.8) is 0 Å². The molecule has 0 spiro atoms. The summed E-state index contributed by atoms with van der Waals surface area (Å²) < 4.78 is 7.16. The molecule has 34 heavy (non-hydrogen) atoms. The van der Waals surface area contributed by atoms with Gasteiger partial charge in [-0.2, -0.15) is 0 Å². The molecule has 0 unspecified atom stereocenters. The molecule has 5 rings (SSSR count). The molecular formula is C29H20N2O3. The Labute approximate surface area is 196 Å². The maximum atomic E-state index is 13.5. The first-order valence-electron chi connectivity index (χ1n) is 10.8. The molecule has 0 atom stereocenters. The standard InChI is InChI=1S/C29H20N2O3/c32-28(22-14-6-2-7-15-22)31-26-19-11-10-18-25(26)30-27(31)20-24(21-12-4-1-5-13-21)29(33)34-23-16-8-3-9-17-23/h1-20H. The SMILES string of the molecule is O=C(Oc1ccccc1)C(=Cc1nc2ccccc2n1C(=O)c1ccccc1)c1ccccc1. The summed E-state index contributed by atoms with van der Waals surface area (Å²) in [5.41, 5.74) is 2.79. The van der Waals surface area contributed by atoms with E-state index in [1.165, 1.54) is 4.57 Å². The molecule has 0 N–H and O–H groups in total. The third-order valence-electron chi connectivity index (χ3n) is 5.34. The van der Waals surface area contributed by atoms with E-state index in [1.54, 1.807) is 42.5 Å². The summed E-state index contributed by atoms with van der Waals surface area (Å²) in [7, 11) is 0. The van der Waals surface area contributed by atoms with E-state index in [-0.39, 0.29) is 5.91 Å². The largest absolute Gasteiger partial charge is 0.423 e. The summed E-state index contributed by atoms with van der Waals surface area (Å²) in [5, 5.41) is 0. The predicted molar refractivity (Wildman–Crippen MR) is 132 cm³/mol. The zero-order valence-electron chi connectivity index (χ0n) is 18.2. The van der Waals surface area contributed by atoms with Gasteiger partial charge in [-0.15, -0.1) is 0 Å². The van der Waals surface area contributed by atoms with Crippen LogP contribution in [0.4, 0.5) is 0 Å². The lowest BCUT2D eigenvalue weighted by Gasteiger charge is -2.10. The molecule has 0 aliphatic heterocycles. The quantitative estimate of drug-likeness (QED) is 0.193. The van der Waals surface area contributed by atoms with Crippen molar-refractivity contribution in [2.45, 2.75) is 0 Å². The number of aromatic nitrogens is 2. The van der Waals surface area contributed by atoms with Crippen LogP contribution in [0.25, 0.3) is 22.7 Å². The molecule has 0 saturated carbocycles. The number of esters is 1. The summed E-state index contributed by atoms with van der Waals surface area (Å²) in [6.07, 6.45) is 1.61. The summed E-state index contributed by atoms with van der Waals surface area (Å²) in [6, 6.07) is 34.5. The second-order valence-corrected chi connectivity index (χ2v) is 7.59. The number of imidazole rings is 1. The second-order valence-electron chi connectivity index (χ2n) is 7.59. The van der Waals surface area contributed by atoms with E-state index in [4.69, 9.17) is 4.74 Å². The molecule has 5 heteroatoms. The van der Waals surface area contributed by atoms with Crippen LogP contribution < -0.4 is 4.74 Å². The van der Waals surface area contributed by atoms with E-state index in [1.807, 2.05) is 78.9 Å². The summed E-state index contributed by atoms with van der Waals surface area (Å²) >= 11 is 0. The lowest BCUT2D eigenvalue weighted by atomic mass is 10.1. The number of rotatable bonds is 5. The maximum absolute atomic E-state index is 13.5. The molecule has 0 saturated heterocycles. The fraction of sp³-hybridized carbons (Fsp3) is 0. The van der Waals surface area contributed by atoms with Gasteiger partial charge in [-0.05, 0) is 48.0 Å². The molecular weight excluding hydrogens is 424 g/mol. The highest BCUT2D eigenvalue weighted by molar-refractivity contribution is 6.22. The summed E-state index contributed by atoms with van der Waals surface area (Å²) in [5.74, 6) is 0.00895. The third kappa shape index (κ3) is 4.27. The minimum atomic E-state index is -0.539. The van der Waals surface area contributed by atoms with Crippen LogP contribution in [0.2, 0.25) is 0 Å². The molecule has 5 nitrogen and oxygen atoms in total. The number of carbonyl (C=O) groups is 2. The average molecular weight is 444 g/mol. The molecule has 1 heterocycles. The Hall–Kier alpha value is -4.77. The highest BCUT2D eigenvalue weighted by atomic mass is 16.5. The molecule has 164 valence electrons. The number of fused-ring (bicyclic) bond motifs is 1. The topological polar surface area (TPSA) is 61.2 Å². The Morgan fingerprint density at radius 2 is 1.24 bits per heavy atom. The van der Waals surface area contributed by atoms with Crippen molar-refractivity contribution in [3.05, 3.63) is 132 Å². The Morgan fingerprint density at radius 3 is 1.91 bits per heavy atom. The third-order valence-corrected chi connectivity index (χ3v) is 5.34. The van der Waals surface area contributed by atoms with Crippen molar-refractivity contribution in [2.24, 2.45) is 0 Å². The monoisotopic (exact) mass is 444 g/mol. The van der Waals surface area contributed by atoms with Gasteiger partial charge < -0.3 is 4.74 Å². The smallest absolute Gasteiger partial charge is 0.344 e. The van der Waals surface area contributed by atoms with E-state index in [2.05, 4.69) is 4.98 Å². The van der Waals surface area contributed by atoms with Crippen LogP contribution in [0, 0.1) is 0 Å². The Morgan fingerprint density at radius 1 is 0.676 bits per heavy atom. The van der Waals surface area contributed by atoms with Crippen LogP contribution in [0.1, 0.15) is 21.7 Å². The van der Waals surface area contributed by atoms with Gasteiger partial charge in [0.25, 0.3) is 5.91 Å². The fourth-order valence-electron chi connectivity index (χ4n) is 3.72. The van der Waals surface area contributed by atoms with Crippen molar-refractivity contribution in [1.29, 1.82) is 0 Å². The van der Waals surface area contributed by atoms with Crippen molar-refractivity contribution >= 4 is 34.6 Å².